The average Bonchev–Trinajstić information content (AvgIpc) is 2.33. The first-order valence-electron chi connectivity index (χ1n) is 5.91. The van der Waals surface area contributed by atoms with Crippen LogP contribution in [0.2, 0.25) is 0 Å². The number of phenols is 2. The first-order chi connectivity index (χ1) is 8.43. The van der Waals surface area contributed by atoms with E-state index in [4.69, 9.17) is 15.6 Å². The molecule has 0 bridgehead atoms. The Morgan fingerprint density at radius 1 is 1.39 bits per heavy atom. The van der Waals surface area contributed by atoms with Crippen LogP contribution >= 0.6 is 0 Å². The van der Waals surface area contributed by atoms with Crippen molar-refractivity contribution < 1.29 is 19.7 Å². The Labute approximate surface area is 106 Å². The molecule has 18 heavy (non-hydrogen) atoms. The molecule has 5 heteroatoms. The molecule has 0 aliphatic rings. The van der Waals surface area contributed by atoms with E-state index in [0.717, 1.165) is 6.42 Å². The van der Waals surface area contributed by atoms with Crippen LogP contribution in [-0.4, -0.2) is 28.3 Å². The Bertz CT molecular complexity index is 419. The second kappa shape index (κ2) is 6.26. The van der Waals surface area contributed by atoms with E-state index in [1.165, 1.54) is 12.1 Å². The summed E-state index contributed by atoms with van der Waals surface area (Å²) in [6.45, 7) is 3.72. The van der Waals surface area contributed by atoms with Crippen LogP contribution in [0.1, 0.15) is 25.8 Å². The van der Waals surface area contributed by atoms with Crippen LogP contribution in [-0.2, 0) is 16.0 Å². The van der Waals surface area contributed by atoms with Gasteiger partial charge in [-0.25, -0.2) is 0 Å². The van der Waals surface area contributed by atoms with Crippen molar-refractivity contribution in [1.82, 2.24) is 0 Å². The Balaban J connectivity index is 2.60. The van der Waals surface area contributed by atoms with E-state index in [0.29, 0.717) is 5.56 Å². The molecule has 5 nitrogen and oxygen atoms in total. The number of nitrogens with two attached hydrogens (primary N) is 1. The topological polar surface area (TPSA) is 92.8 Å². The SMILES string of the molecule is CCC(C)OC(=O)C(N)Cc1ccc(O)c(O)c1. The van der Waals surface area contributed by atoms with Gasteiger partial charge in [-0.1, -0.05) is 13.0 Å². The van der Waals surface area contributed by atoms with Crippen LogP contribution in [0.3, 0.4) is 0 Å². The maximum absolute atomic E-state index is 11.6. The predicted octanol–water partition coefficient (Wildman–Crippen LogP) is 1.31. The zero-order chi connectivity index (χ0) is 13.7. The van der Waals surface area contributed by atoms with Crippen LogP contribution in [0, 0.1) is 0 Å². The van der Waals surface area contributed by atoms with Gasteiger partial charge in [-0.2, -0.15) is 0 Å². The highest BCUT2D eigenvalue weighted by atomic mass is 16.5. The van der Waals surface area contributed by atoms with Crippen molar-refractivity contribution in [2.24, 2.45) is 5.73 Å². The van der Waals surface area contributed by atoms with Gasteiger partial charge in [0.25, 0.3) is 0 Å². The first-order valence-corrected chi connectivity index (χ1v) is 5.91. The maximum atomic E-state index is 11.6. The van der Waals surface area contributed by atoms with Crippen molar-refractivity contribution in [2.45, 2.75) is 38.8 Å². The van der Waals surface area contributed by atoms with E-state index in [-0.39, 0.29) is 24.0 Å². The van der Waals surface area contributed by atoms with Crippen LogP contribution < -0.4 is 5.73 Å². The molecule has 1 aromatic rings. The third-order valence-electron chi connectivity index (χ3n) is 2.69. The summed E-state index contributed by atoms with van der Waals surface area (Å²) in [5.41, 5.74) is 6.39. The highest BCUT2D eigenvalue weighted by molar-refractivity contribution is 5.76. The number of phenolic OH excluding ortho intramolecular Hbond substituents is 2. The van der Waals surface area contributed by atoms with Gasteiger partial charge in [0.15, 0.2) is 11.5 Å². The number of benzene rings is 1. The quantitative estimate of drug-likeness (QED) is 0.543. The van der Waals surface area contributed by atoms with E-state index in [1.54, 1.807) is 13.0 Å². The van der Waals surface area contributed by atoms with Gasteiger partial charge >= 0.3 is 5.97 Å². The lowest BCUT2D eigenvalue weighted by atomic mass is 10.1. The Kier molecular flexibility index (Phi) is 4.97. The average molecular weight is 253 g/mol. The summed E-state index contributed by atoms with van der Waals surface area (Å²) >= 11 is 0. The van der Waals surface area contributed by atoms with Gasteiger partial charge in [0.1, 0.15) is 6.04 Å². The summed E-state index contributed by atoms with van der Waals surface area (Å²) in [5.74, 6) is -0.888. The molecule has 0 saturated carbocycles. The van der Waals surface area contributed by atoms with Gasteiger partial charge in [-0.05, 0) is 37.5 Å². The molecule has 0 spiro atoms. The lowest BCUT2D eigenvalue weighted by Crippen LogP contribution is -2.36. The molecule has 1 aromatic carbocycles. The molecule has 0 amide bonds. The number of esters is 1. The molecule has 2 atom stereocenters. The van der Waals surface area contributed by atoms with Crippen LogP contribution in [0.4, 0.5) is 0 Å². The molecule has 100 valence electrons. The largest absolute Gasteiger partial charge is 0.504 e. The Morgan fingerprint density at radius 3 is 2.61 bits per heavy atom. The van der Waals surface area contributed by atoms with Gasteiger partial charge in [0.05, 0.1) is 6.10 Å². The summed E-state index contributed by atoms with van der Waals surface area (Å²) < 4.78 is 5.11. The standard InChI is InChI=1S/C13H19NO4/c1-3-8(2)18-13(17)10(14)6-9-4-5-11(15)12(16)7-9/h4-5,7-8,10,15-16H,3,6,14H2,1-2H3. The highest BCUT2D eigenvalue weighted by Gasteiger charge is 2.18. The van der Waals surface area contributed by atoms with E-state index >= 15 is 0 Å². The zero-order valence-electron chi connectivity index (χ0n) is 10.6. The van der Waals surface area contributed by atoms with E-state index in [2.05, 4.69) is 0 Å². The summed E-state index contributed by atoms with van der Waals surface area (Å²) in [5, 5.41) is 18.5. The fraction of sp³-hybridized carbons (Fsp3) is 0.462. The molecular formula is C13H19NO4. The maximum Gasteiger partial charge on any atom is 0.323 e. The van der Waals surface area contributed by atoms with Crippen molar-refractivity contribution in [3.05, 3.63) is 23.8 Å². The fourth-order valence-electron chi connectivity index (χ4n) is 1.40. The molecule has 0 aromatic heterocycles. The summed E-state index contributed by atoms with van der Waals surface area (Å²) in [7, 11) is 0. The van der Waals surface area contributed by atoms with E-state index in [9.17, 15) is 9.90 Å². The van der Waals surface area contributed by atoms with Crippen molar-refractivity contribution in [1.29, 1.82) is 0 Å². The summed E-state index contributed by atoms with van der Waals surface area (Å²) in [4.78, 5) is 11.6. The molecule has 4 N–H and O–H groups in total. The molecule has 0 radical (unpaired) electrons. The summed E-state index contributed by atoms with van der Waals surface area (Å²) in [6.07, 6.45) is 0.832. The Hall–Kier alpha value is -1.75. The molecule has 0 aliphatic heterocycles. The van der Waals surface area contributed by atoms with Crippen LogP contribution in [0.15, 0.2) is 18.2 Å². The van der Waals surface area contributed by atoms with Crippen LogP contribution in [0.25, 0.3) is 0 Å². The van der Waals surface area contributed by atoms with E-state index < -0.39 is 12.0 Å². The molecule has 2 unspecified atom stereocenters. The Morgan fingerprint density at radius 2 is 2.06 bits per heavy atom. The minimum atomic E-state index is -0.775. The first kappa shape index (κ1) is 14.3. The molecule has 0 saturated heterocycles. The third-order valence-corrected chi connectivity index (χ3v) is 2.69. The summed E-state index contributed by atoms with van der Waals surface area (Å²) in [6, 6.07) is 3.57. The monoisotopic (exact) mass is 253 g/mol. The minimum Gasteiger partial charge on any atom is -0.504 e. The second-order valence-corrected chi connectivity index (χ2v) is 4.29. The number of aromatic hydroxyl groups is 2. The second-order valence-electron chi connectivity index (χ2n) is 4.29. The zero-order valence-corrected chi connectivity index (χ0v) is 10.6. The number of rotatable bonds is 5. The van der Waals surface area contributed by atoms with Crippen molar-refractivity contribution in [3.8, 4) is 11.5 Å². The number of hydrogen-bond donors (Lipinski definition) is 3. The van der Waals surface area contributed by atoms with E-state index in [1.807, 2.05) is 6.92 Å². The molecular weight excluding hydrogens is 234 g/mol. The number of carbonyl (C=O) groups excluding carboxylic acids is 1. The molecule has 1 rings (SSSR count). The van der Waals surface area contributed by atoms with Gasteiger partial charge in [0, 0.05) is 0 Å². The number of hydrogen-bond acceptors (Lipinski definition) is 5. The fourth-order valence-corrected chi connectivity index (χ4v) is 1.40. The van der Waals surface area contributed by atoms with Crippen molar-refractivity contribution >= 4 is 5.97 Å². The molecule has 0 heterocycles. The van der Waals surface area contributed by atoms with Gasteiger partial charge in [-0.15, -0.1) is 0 Å². The van der Waals surface area contributed by atoms with Crippen molar-refractivity contribution in [3.63, 3.8) is 0 Å². The molecule has 0 fully saturated rings. The lowest BCUT2D eigenvalue weighted by molar-refractivity contribution is -0.149. The van der Waals surface area contributed by atoms with Gasteiger partial charge in [-0.3, -0.25) is 4.79 Å². The molecule has 0 aliphatic carbocycles. The predicted molar refractivity (Wildman–Crippen MR) is 67.3 cm³/mol. The van der Waals surface area contributed by atoms with Crippen LogP contribution in [0.5, 0.6) is 11.5 Å². The smallest absolute Gasteiger partial charge is 0.323 e. The van der Waals surface area contributed by atoms with Gasteiger partial charge < -0.3 is 20.7 Å². The third kappa shape index (κ3) is 3.92. The normalized spacial score (nSPS) is 13.9. The van der Waals surface area contributed by atoms with Gasteiger partial charge in [0.2, 0.25) is 0 Å². The van der Waals surface area contributed by atoms with Crippen molar-refractivity contribution in [2.75, 3.05) is 0 Å². The number of ether oxygens (including phenoxy) is 1. The number of carbonyl (C=O) groups is 1. The minimum absolute atomic E-state index is 0.156. The highest BCUT2D eigenvalue weighted by Crippen LogP contribution is 2.25. The lowest BCUT2D eigenvalue weighted by Gasteiger charge is -2.15.